The minimum absolute atomic E-state index is 0.0383. The molecule has 1 amide bonds. The molecule has 1 aliphatic heterocycles. The van der Waals surface area contributed by atoms with Crippen molar-refractivity contribution in [3.63, 3.8) is 0 Å². The molecular weight excluding hydrogens is 322 g/mol. The van der Waals surface area contributed by atoms with Crippen molar-refractivity contribution in [3.8, 4) is 11.8 Å². The number of anilines is 1. The Morgan fingerprint density at radius 1 is 1.33 bits per heavy atom. The lowest BCUT2D eigenvalue weighted by molar-refractivity contribution is -0.117. The highest BCUT2D eigenvalue weighted by atomic mass is 32.1. The Labute approximate surface area is 144 Å². The first-order valence-electron chi connectivity index (χ1n) is 7.53. The summed E-state index contributed by atoms with van der Waals surface area (Å²) in [5, 5.41) is 9.89. The Morgan fingerprint density at radius 2 is 2.04 bits per heavy atom. The van der Waals surface area contributed by atoms with Crippen LogP contribution in [0.5, 0.6) is 5.75 Å². The van der Waals surface area contributed by atoms with Gasteiger partial charge in [0.1, 0.15) is 23.8 Å². The Kier molecular flexibility index (Phi) is 4.36. The number of thiophene rings is 1. The molecule has 5 nitrogen and oxygen atoms in total. The average Bonchev–Trinajstić information content (AvgIpc) is 2.80. The lowest BCUT2D eigenvalue weighted by Crippen LogP contribution is -2.32. The van der Waals surface area contributed by atoms with Crippen LogP contribution in [0.1, 0.15) is 21.6 Å². The van der Waals surface area contributed by atoms with Crippen LogP contribution in [0.2, 0.25) is 0 Å². The van der Waals surface area contributed by atoms with Crippen LogP contribution in [0.4, 0.5) is 5.00 Å². The zero-order valence-electron chi connectivity index (χ0n) is 13.8. The molecule has 24 heavy (non-hydrogen) atoms. The number of hydrogen-bond acceptors (Lipinski definition) is 5. The van der Waals surface area contributed by atoms with Crippen molar-refractivity contribution in [1.29, 1.82) is 5.26 Å². The molecule has 0 saturated carbocycles. The summed E-state index contributed by atoms with van der Waals surface area (Å²) in [5.41, 5.74) is 3.78. The highest BCUT2D eigenvalue weighted by Gasteiger charge is 2.29. The summed E-state index contributed by atoms with van der Waals surface area (Å²) >= 11 is 1.54. The van der Waals surface area contributed by atoms with Gasteiger partial charge in [0.05, 0.1) is 18.9 Å². The second kappa shape index (κ2) is 6.46. The van der Waals surface area contributed by atoms with Crippen molar-refractivity contribution in [3.05, 3.63) is 45.8 Å². The molecule has 0 atom stereocenters. The predicted molar refractivity (Wildman–Crippen MR) is 95.3 cm³/mol. The number of ether oxygens (including phenoxy) is 1. The van der Waals surface area contributed by atoms with Crippen molar-refractivity contribution in [2.45, 2.75) is 13.8 Å². The summed E-state index contributed by atoms with van der Waals surface area (Å²) in [6.07, 6.45) is 0. The number of carbonyl (C=O) groups is 1. The summed E-state index contributed by atoms with van der Waals surface area (Å²) in [6, 6.07) is 9.73. The lowest BCUT2D eigenvalue weighted by Gasteiger charge is -2.16. The van der Waals surface area contributed by atoms with Gasteiger partial charge in [-0.15, -0.1) is 11.3 Å². The molecule has 6 heteroatoms. The number of benzene rings is 1. The number of aliphatic imine (C=N–C) groups is 1. The third-order valence-electron chi connectivity index (χ3n) is 4.11. The molecule has 0 unspecified atom stereocenters. The smallest absolute Gasteiger partial charge is 0.250 e. The Bertz CT molecular complexity index is 860. The van der Waals surface area contributed by atoms with E-state index >= 15 is 0 Å². The second-order valence-electron chi connectivity index (χ2n) is 5.49. The fourth-order valence-corrected chi connectivity index (χ4v) is 3.89. The SMILES string of the molecule is COc1ccc(C2=NCC(=O)N(CC#N)c3sc(C)c(C)c32)cc1. The molecule has 3 rings (SSSR count). The number of hydrogen-bond donors (Lipinski definition) is 0. The first kappa shape index (κ1) is 16.2. The number of fused-ring (bicyclic) bond motifs is 1. The minimum Gasteiger partial charge on any atom is -0.497 e. The molecule has 0 spiro atoms. The van der Waals surface area contributed by atoms with Gasteiger partial charge in [0.25, 0.3) is 0 Å². The molecule has 0 fully saturated rings. The third kappa shape index (κ3) is 2.68. The van der Waals surface area contributed by atoms with E-state index in [9.17, 15) is 4.79 Å². The fourth-order valence-electron chi connectivity index (χ4n) is 2.72. The van der Waals surface area contributed by atoms with Gasteiger partial charge < -0.3 is 4.74 Å². The second-order valence-corrected chi connectivity index (χ2v) is 6.70. The molecule has 0 radical (unpaired) electrons. The van der Waals surface area contributed by atoms with Crippen LogP contribution in [0.15, 0.2) is 29.3 Å². The van der Waals surface area contributed by atoms with Crippen LogP contribution >= 0.6 is 11.3 Å². The van der Waals surface area contributed by atoms with Gasteiger partial charge in [-0.3, -0.25) is 14.7 Å². The third-order valence-corrected chi connectivity index (χ3v) is 5.34. The first-order chi connectivity index (χ1) is 11.6. The summed E-state index contributed by atoms with van der Waals surface area (Å²) in [7, 11) is 1.63. The van der Waals surface area contributed by atoms with Crippen molar-refractivity contribution >= 4 is 28.0 Å². The predicted octanol–water partition coefficient (Wildman–Crippen LogP) is 3.08. The molecular formula is C18H17N3O2S. The molecule has 1 aliphatic rings. The molecule has 0 bridgehead atoms. The molecule has 122 valence electrons. The zero-order valence-corrected chi connectivity index (χ0v) is 14.6. The van der Waals surface area contributed by atoms with Gasteiger partial charge >= 0.3 is 0 Å². The first-order valence-corrected chi connectivity index (χ1v) is 8.35. The normalized spacial score (nSPS) is 13.8. The number of methoxy groups -OCH3 is 1. The van der Waals surface area contributed by atoms with Crippen molar-refractivity contribution < 1.29 is 9.53 Å². The standard InChI is InChI=1S/C18H17N3O2S/c1-11-12(2)24-18-16(11)17(13-4-6-14(23-3)7-5-13)20-10-15(22)21(18)9-8-19/h4-7H,9-10H2,1-3H3. The van der Waals surface area contributed by atoms with Crippen molar-refractivity contribution in [2.75, 3.05) is 25.1 Å². The quantitative estimate of drug-likeness (QED) is 0.807. The van der Waals surface area contributed by atoms with E-state index < -0.39 is 0 Å². The van der Waals surface area contributed by atoms with Gasteiger partial charge in [0, 0.05) is 16.0 Å². The summed E-state index contributed by atoms with van der Waals surface area (Å²) in [6.45, 7) is 4.14. The van der Waals surface area contributed by atoms with Gasteiger partial charge in [-0.05, 0) is 43.7 Å². The topological polar surface area (TPSA) is 65.7 Å². The number of nitriles is 1. The van der Waals surface area contributed by atoms with Crippen molar-refractivity contribution in [1.82, 2.24) is 0 Å². The molecule has 0 N–H and O–H groups in total. The highest BCUT2D eigenvalue weighted by molar-refractivity contribution is 7.17. The van der Waals surface area contributed by atoms with Crippen LogP contribution in [0, 0.1) is 25.2 Å². The lowest BCUT2D eigenvalue weighted by atomic mass is 10.00. The van der Waals surface area contributed by atoms with Gasteiger partial charge in [-0.1, -0.05) is 0 Å². The van der Waals surface area contributed by atoms with Gasteiger partial charge in [0.2, 0.25) is 5.91 Å². The van der Waals surface area contributed by atoms with E-state index in [2.05, 4.69) is 11.1 Å². The largest absolute Gasteiger partial charge is 0.497 e. The molecule has 2 aromatic rings. The number of carbonyl (C=O) groups excluding carboxylic acids is 1. The molecule has 1 aromatic carbocycles. The van der Waals surface area contributed by atoms with E-state index in [0.717, 1.165) is 38.0 Å². The Balaban J connectivity index is 2.17. The summed E-state index contributed by atoms with van der Waals surface area (Å²) in [4.78, 5) is 19.6. The van der Waals surface area contributed by atoms with E-state index in [1.807, 2.05) is 38.1 Å². The maximum absolute atomic E-state index is 12.4. The molecule has 1 aromatic heterocycles. The van der Waals surface area contributed by atoms with Crippen LogP contribution < -0.4 is 9.64 Å². The number of amides is 1. The van der Waals surface area contributed by atoms with Gasteiger partial charge in [-0.2, -0.15) is 5.26 Å². The van der Waals surface area contributed by atoms with Gasteiger partial charge in [0.15, 0.2) is 0 Å². The van der Waals surface area contributed by atoms with Crippen molar-refractivity contribution in [2.24, 2.45) is 4.99 Å². The van der Waals surface area contributed by atoms with Crippen LogP contribution in [-0.4, -0.2) is 31.8 Å². The Hall–Kier alpha value is -2.65. The molecule has 2 heterocycles. The van der Waals surface area contributed by atoms with Crippen LogP contribution in [0.25, 0.3) is 0 Å². The fraction of sp³-hybridized carbons (Fsp3) is 0.278. The monoisotopic (exact) mass is 339 g/mol. The Morgan fingerprint density at radius 3 is 2.67 bits per heavy atom. The highest BCUT2D eigenvalue weighted by Crippen LogP contribution is 2.38. The number of rotatable bonds is 3. The number of aryl methyl sites for hydroxylation is 1. The average molecular weight is 339 g/mol. The number of nitrogens with zero attached hydrogens (tertiary/aromatic N) is 3. The van der Waals surface area contributed by atoms with E-state index in [4.69, 9.17) is 10.00 Å². The van der Waals surface area contributed by atoms with E-state index in [0.29, 0.717) is 0 Å². The van der Waals surface area contributed by atoms with E-state index in [-0.39, 0.29) is 19.0 Å². The zero-order chi connectivity index (χ0) is 17.3. The maximum atomic E-state index is 12.4. The van der Waals surface area contributed by atoms with Gasteiger partial charge in [-0.25, -0.2) is 0 Å². The van der Waals surface area contributed by atoms with E-state index in [1.165, 1.54) is 11.3 Å². The van der Waals surface area contributed by atoms with Crippen LogP contribution in [-0.2, 0) is 4.79 Å². The minimum atomic E-state index is -0.150. The maximum Gasteiger partial charge on any atom is 0.250 e. The van der Waals surface area contributed by atoms with E-state index in [1.54, 1.807) is 12.0 Å². The molecule has 0 aliphatic carbocycles. The van der Waals surface area contributed by atoms with Crippen LogP contribution in [0.3, 0.4) is 0 Å². The summed E-state index contributed by atoms with van der Waals surface area (Å²) in [5.74, 6) is 0.621. The summed E-state index contributed by atoms with van der Waals surface area (Å²) < 4.78 is 5.21. The molecule has 0 saturated heterocycles.